The normalized spacial score (nSPS) is 15.4. The summed E-state index contributed by atoms with van der Waals surface area (Å²) in [5, 5.41) is 0. The average molecular weight is 291 g/mol. The second-order valence-corrected chi connectivity index (χ2v) is 8.61. The van der Waals surface area contributed by atoms with Crippen LogP contribution >= 0.6 is 11.6 Å². The Morgan fingerprint density at radius 2 is 0.857 bits per heavy atom. The topological polar surface area (TPSA) is 163 Å². The Hall–Kier alpha value is 0.0200. The average Bonchev–Trinajstić information content (AvgIpc) is 1.77. The van der Waals surface area contributed by atoms with E-state index in [1.807, 2.05) is 0 Å². The van der Waals surface area contributed by atoms with E-state index in [4.69, 9.17) is 13.7 Å². The molecule has 0 aliphatic carbocycles. The summed E-state index contributed by atoms with van der Waals surface area (Å²) in [6.07, 6.45) is 0. The summed E-state index contributed by atoms with van der Waals surface area (Å²) in [7, 11) is -18.0. The Bertz CT molecular complexity index is 440. The van der Waals surface area contributed by atoms with E-state index in [1.54, 1.807) is 0 Å². The molecular weight excluding hydrogens is 288 g/mol. The molecule has 0 amide bonds. The van der Waals surface area contributed by atoms with Gasteiger partial charge in [0.2, 0.25) is 0 Å². The van der Waals surface area contributed by atoms with Gasteiger partial charge < -0.3 is 0 Å². The van der Waals surface area contributed by atoms with Crippen molar-refractivity contribution in [2.75, 3.05) is 0 Å². The second-order valence-electron chi connectivity index (χ2n) is 1.91. The van der Waals surface area contributed by atoms with Crippen molar-refractivity contribution in [2.45, 2.75) is 2.87 Å². The minimum atomic E-state index is -5.99. The van der Waals surface area contributed by atoms with E-state index >= 15 is 0 Å². The van der Waals surface area contributed by atoms with Crippen LogP contribution in [-0.4, -0.2) is 41.8 Å². The monoisotopic (exact) mass is 290 g/mol. The number of hydrogen-bond acceptors (Lipinski definition) is 6. The molecule has 86 valence electrons. The molecule has 0 bridgehead atoms. The molecule has 0 aromatic heterocycles. The summed E-state index contributed by atoms with van der Waals surface area (Å²) in [4.78, 5) is 0. The summed E-state index contributed by atoms with van der Waals surface area (Å²) < 4.78 is 81.6. The number of rotatable bonds is 3. The fourth-order valence-corrected chi connectivity index (χ4v) is 3.59. The van der Waals surface area contributed by atoms with Gasteiger partial charge in [0.1, 0.15) is 0 Å². The lowest BCUT2D eigenvalue weighted by Crippen LogP contribution is -2.47. The summed E-state index contributed by atoms with van der Waals surface area (Å²) in [6, 6.07) is 0. The fraction of sp³-hybridized carbons (Fsp3) is 1.00. The van der Waals surface area contributed by atoms with Gasteiger partial charge in [-0.25, -0.2) is 0 Å². The van der Waals surface area contributed by atoms with E-state index in [0.29, 0.717) is 0 Å². The van der Waals surface area contributed by atoms with E-state index in [-0.39, 0.29) is 0 Å². The maximum Gasteiger partial charge on any atom is 0.417 e. The Balaban J connectivity index is 6.41. The molecular formula is CH3ClO9S3. The maximum atomic E-state index is 10.3. The zero-order chi connectivity index (χ0) is 12.0. The molecule has 0 spiro atoms. The van der Waals surface area contributed by atoms with Crippen molar-refractivity contribution >= 4 is 42.0 Å². The van der Waals surface area contributed by atoms with Gasteiger partial charge in [0.25, 0.3) is 0 Å². The lowest BCUT2D eigenvalue weighted by atomic mass is 11.8. The first-order valence-corrected chi connectivity index (χ1v) is 7.05. The molecule has 0 atom stereocenters. The third-order valence-electron chi connectivity index (χ3n) is 0.924. The van der Waals surface area contributed by atoms with Crippen LogP contribution in [0.15, 0.2) is 0 Å². The van der Waals surface area contributed by atoms with Crippen molar-refractivity contribution in [1.29, 1.82) is 0 Å². The van der Waals surface area contributed by atoms with Crippen LogP contribution in [0.2, 0.25) is 0 Å². The van der Waals surface area contributed by atoms with E-state index in [1.165, 1.54) is 0 Å². The SMILES string of the molecule is O=S(=O)(O)C(Cl)(S(=O)(=O)O)S(=O)(=O)O. The van der Waals surface area contributed by atoms with Crippen LogP contribution in [0, 0.1) is 0 Å². The van der Waals surface area contributed by atoms with Crippen LogP contribution in [0.4, 0.5) is 0 Å². The molecule has 14 heavy (non-hydrogen) atoms. The van der Waals surface area contributed by atoms with Gasteiger partial charge in [-0.05, 0) is 0 Å². The predicted octanol–water partition coefficient (Wildman–Crippen LogP) is -1.50. The molecule has 9 nitrogen and oxygen atoms in total. The van der Waals surface area contributed by atoms with Crippen molar-refractivity contribution in [1.82, 2.24) is 0 Å². The number of halogens is 1. The van der Waals surface area contributed by atoms with Crippen LogP contribution in [0.3, 0.4) is 0 Å². The van der Waals surface area contributed by atoms with Gasteiger partial charge in [0.05, 0.1) is 0 Å². The largest absolute Gasteiger partial charge is 0.417 e. The van der Waals surface area contributed by atoms with Gasteiger partial charge in [-0.15, -0.1) is 0 Å². The van der Waals surface area contributed by atoms with Gasteiger partial charge in [0.15, 0.2) is 0 Å². The molecule has 0 saturated heterocycles. The molecule has 0 aliphatic rings. The van der Waals surface area contributed by atoms with E-state index in [0.717, 1.165) is 0 Å². The first-order chi connectivity index (χ1) is 5.75. The second kappa shape index (κ2) is 3.26. The molecule has 13 heteroatoms. The van der Waals surface area contributed by atoms with Crippen LogP contribution in [0.5, 0.6) is 0 Å². The lowest BCUT2D eigenvalue weighted by molar-refractivity contribution is 0.443. The molecule has 0 aliphatic heterocycles. The van der Waals surface area contributed by atoms with Crippen LogP contribution in [-0.2, 0) is 30.4 Å². The first-order valence-electron chi connectivity index (χ1n) is 2.35. The predicted molar refractivity (Wildman–Crippen MR) is 43.2 cm³/mol. The summed E-state index contributed by atoms with van der Waals surface area (Å²) in [6.45, 7) is 0. The molecule has 0 heterocycles. The summed E-state index contributed by atoms with van der Waals surface area (Å²) in [5.74, 6) is 0. The Morgan fingerprint density at radius 1 is 0.714 bits per heavy atom. The highest BCUT2D eigenvalue weighted by Crippen LogP contribution is 2.33. The number of alkyl halides is 1. The van der Waals surface area contributed by atoms with Gasteiger partial charge in [0, 0.05) is 0 Å². The smallest absolute Gasteiger partial charge is 0.282 e. The molecule has 0 unspecified atom stereocenters. The first kappa shape index (κ1) is 14.0. The lowest BCUT2D eigenvalue weighted by Gasteiger charge is -2.15. The summed E-state index contributed by atoms with van der Waals surface area (Å²) >= 11 is 4.45. The van der Waals surface area contributed by atoms with Crippen molar-refractivity contribution < 1.29 is 38.9 Å². The standard InChI is InChI=1S/CH3ClO9S3/c2-1(12(3,4)5,13(6,7)8)14(9,10)11/h(H,3,4,5)(H,6,7,8)(H,9,10,11). The highest BCUT2D eigenvalue weighted by molar-refractivity contribution is 8.23. The van der Waals surface area contributed by atoms with Crippen molar-refractivity contribution in [2.24, 2.45) is 0 Å². The maximum absolute atomic E-state index is 10.3. The highest BCUT2D eigenvalue weighted by Gasteiger charge is 2.64. The molecule has 0 aromatic carbocycles. The quantitative estimate of drug-likeness (QED) is 0.414. The van der Waals surface area contributed by atoms with Crippen LogP contribution in [0.25, 0.3) is 0 Å². The zero-order valence-corrected chi connectivity index (χ0v) is 9.10. The molecule has 0 fully saturated rings. The van der Waals surface area contributed by atoms with Gasteiger partial charge >= 0.3 is 33.2 Å². The molecule has 3 N–H and O–H groups in total. The van der Waals surface area contributed by atoms with E-state index in [2.05, 4.69) is 11.6 Å². The van der Waals surface area contributed by atoms with Crippen LogP contribution < -0.4 is 0 Å². The van der Waals surface area contributed by atoms with E-state index in [9.17, 15) is 25.3 Å². The third kappa shape index (κ3) is 2.00. The molecule has 0 aromatic rings. The molecule has 0 saturated carbocycles. The minimum absolute atomic E-state index is 4.45. The highest BCUT2D eigenvalue weighted by atomic mass is 35.5. The van der Waals surface area contributed by atoms with Gasteiger partial charge in [-0.1, -0.05) is 11.6 Å². The Labute approximate surface area is 83.9 Å². The minimum Gasteiger partial charge on any atom is -0.282 e. The molecule has 0 rings (SSSR count). The van der Waals surface area contributed by atoms with Crippen LogP contribution in [0.1, 0.15) is 0 Å². The molecule has 0 radical (unpaired) electrons. The Morgan fingerprint density at radius 3 is 0.857 bits per heavy atom. The Kier molecular flexibility index (Phi) is 3.27. The van der Waals surface area contributed by atoms with Crippen molar-refractivity contribution in [3.8, 4) is 0 Å². The zero-order valence-electron chi connectivity index (χ0n) is 5.89. The van der Waals surface area contributed by atoms with Crippen molar-refractivity contribution in [3.63, 3.8) is 0 Å². The third-order valence-corrected chi connectivity index (χ3v) is 8.32. The summed E-state index contributed by atoms with van der Waals surface area (Å²) in [5.41, 5.74) is 0. The van der Waals surface area contributed by atoms with E-state index < -0.39 is 33.2 Å². The fourth-order valence-electron chi connectivity index (χ4n) is 0.399. The van der Waals surface area contributed by atoms with Crippen molar-refractivity contribution in [3.05, 3.63) is 0 Å². The van der Waals surface area contributed by atoms with Gasteiger partial charge in [-0.2, -0.15) is 25.3 Å². The number of hydrogen-bond donors (Lipinski definition) is 3. The van der Waals surface area contributed by atoms with Gasteiger partial charge in [-0.3, -0.25) is 13.7 Å².